The molecule has 0 amide bonds. The van der Waals surface area contributed by atoms with E-state index in [9.17, 15) is 4.79 Å². The number of rotatable bonds is 6. The Kier molecular flexibility index (Phi) is 5.60. The third kappa shape index (κ3) is 4.52. The van der Waals surface area contributed by atoms with Gasteiger partial charge in [-0.1, -0.05) is 60.2 Å². The zero-order valence-corrected chi connectivity index (χ0v) is 16.9. The molecule has 0 N–H and O–H groups in total. The van der Waals surface area contributed by atoms with Crippen molar-refractivity contribution in [2.75, 3.05) is 0 Å². The van der Waals surface area contributed by atoms with Gasteiger partial charge in [0.05, 0.1) is 17.8 Å². The van der Waals surface area contributed by atoms with E-state index in [1.807, 2.05) is 41.1 Å². The van der Waals surface area contributed by atoms with Gasteiger partial charge in [0, 0.05) is 21.9 Å². The highest BCUT2D eigenvalue weighted by molar-refractivity contribution is 7.13. The third-order valence-electron chi connectivity index (χ3n) is 4.13. The molecule has 0 aliphatic rings. The van der Waals surface area contributed by atoms with E-state index >= 15 is 0 Å². The van der Waals surface area contributed by atoms with Gasteiger partial charge >= 0.3 is 5.97 Å². The molecule has 0 spiro atoms. The molecule has 0 saturated heterocycles. The SMILES string of the molecule is Cc1ccc(-c2nc(COC(=O)Cc3csc(-c4ccccc4)n3)cs2)cc1. The molecule has 0 aliphatic carbocycles. The molecule has 2 aromatic carbocycles. The fraction of sp³-hybridized carbons (Fsp3) is 0.136. The van der Waals surface area contributed by atoms with Gasteiger partial charge in [-0.05, 0) is 6.92 Å². The van der Waals surface area contributed by atoms with E-state index in [-0.39, 0.29) is 19.0 Å². The van der Waals surface area contributed by atoms with Crippen LogP contribution in [0.5, 0.6) is 0 Å². The summed E-state index contributed by atoms with van der Waals surface area (Å²) in [6.07, 6.45) is 0.165. The summed E-state index contributed by atoms with van der Waals surface area (Å²) in [4.78, 5) is 21.3. The number of carbonyl (C=O) groups is 1. The molecule has 6 heteroatoms. The minimum atomic E-state index is -0.296. The average molecular weight is 407 g/mol. The maximum Gasteiger partial charge on any atom is 0.312 e. The Morgan fingerprint density at radius 1 is 0.857 bits per heavy atom. The van der Waals surface area contributed by atoms with E-state index in [2.05, 4.69) is 41.2 Å². The number of hydrogen-bond acceptors (Lipinski definition) is 6. The number of aryl methyl sites for hydroxylation is 1. The molecule has 0 fully saturated rings. The van der Waals surface area contributed by atoms with Gasteiger partial charge in [-0.25, -0.2) is 9.97 Å². The largest absolute Gasteiger partial charge is 0.459 e. The van der Waals surface area contributed by atoms with Crippen LogP contribution >= 0.6 is 22.7 Å². The molecule has 2 heterocycles. The van der Waals surface area contributed by atoms with Crippen molar-refractivity contribution in [3.05, 3.63) is 82.3 Å². The number of nitrogens with zero attached hydrogens (tertiary/aromatic N) is 2. The lowest BCUT2D eigenvalue weighted by atomic mass is 10.2. The number of carbonyl (C=O) groups excluding carboxylic acids is 1. The zero-order chi connectivity index (χ0) is 19.3. The van der Waals surface area contributed by atoms with Crippen molar-refractivity contribution >= 4 is 28.6 Å². The van der Waals surface area contributed by atoms with Gasteiger partial charge in [-0.2, -0.15) is 0 Å². The first kappa shape index (κ1) is 18.5. The summed E-state index contributed by atoms with van der Waals surface area (Å²) in [5, 5.41) is 5.67. The third-order valence-corrected chi connectivity index (χ3v) is 6.01. The topological polar surface area (TPSA) is 52.1 Å². The van der Waals surface area contributed by atoms with Gasteiger partial charge < -0.3 is 4.74 Å². The van der Waals surface area contributed by atoms with Crippen LogP contribution in [0.15, 0.2) is 65.4 Å². The highest BCUT2D eigenvalue weighted by Gasteiger charge is 2.12. The van der Waals surface area contributed by atoms with Gasteiger partial charge in [0.25, 0.3) is 0 Å². The maximum atomic E-state index is 12.2. The molecule has 140 valence electrons. The fourth-order valence-corrected chi connectivity index (χ4v) is 4.29. The summed E-state index contributed by atoms with van der Waals surface area (Å²) in [7, 11) is 0. The van der Waals surface area contributed by atoms with E-state index in [0.717, 1.165) is 32.5 Å². The quantitative estimate of drug-likeness (QED) is 0.395. The van der Waals surface area contributed by atoms with Crippen molar-refractivity contribution in [2.24, 2.45) is 0 Å². The molecular weight excluding hydrogens is 388 g/mol. The number of hydrogen-bond donors (Lipinski definition) is 0. The normalized spacial score (nSPS) is 10.8. The Morgan fingerprint density at radius 2 is 1.46 bits per heavy atom. The number of benzene rings is 2. The van der Waals surface area contributed by atoms with Crippen LogP contribution < -0.4 is 0 Å². The van der Waals surface area contributed by atoms with Crippen LogP contribution in [0.3, 0.4) is 0 Å². The average Bonchev–Trinajstić information content (AvgIpc) is 3.37. The number of aromatic nitrogens is 2. The summed E-state index contributed by atoms with van der Waals surface area (Å²) in [5.74, 6) is -0.296. The van der Waals surface area contributed by atoms with E-state index < -0.39 is 0 Å². The van der Waals surface area contributed by atoms with Crippen LogP contribution in [0, 0.1) is 6.92 Å². The molecule has 4 rings (SSSR count). The van der Waals surface area contributed by atoms with Crippen LogP contribution in [0.25, 0.3) is 21.1 Å². The first-order chi connectivity index (χ1) is 13.7. The monoisotopic (exact) mass is 406 g/mol. The first-order valence-electron chi connectivity index (χ1n) is 8.84. The van der Waals surface area contributed by atoms with E-state index in [1.165, 1.54) is 16.9 Å². The highest BCUT2D eigenvalue weighted by atomic mass is 32.1. The molecule has 0 radical (unpaired) electrons. The molecule has 4 aromatic rings. The Balaban J connectivity index is 1.33. The Bertz CT molecular complexity index is 1070. The van der Waals surface area contributed by atoms with Gasteiger partial charge in [-0.15, -0.1) is 22.7 Å². The van der Waals surface area contributed by atoms with Crippen LogP contribution in [0.2, 0.25) is 0 Å². The number of ether oxygens (including phenoxy) is 1. The molecule has 0 saturated carbocycles. The molecule has 0 unspecified atom stereocenters. The van der Waals surface area contributed by atoms with Crippen LogP contribution in [0.1, 0.15) is 17.0 Å². The molecule has 2 aromatic heterocycles. The predicted octanol–water partition coefficient (Wildman–Crippen LogP) is 5.53. The van der Waals surface area contributed by atoms with Crippen LogP contribution in [0.4, 0.5) is 0 Å². The fourth-order valence-electron chi connectivity index (χ4n) is 2.66. The van der Waals surface area contributed by atoms with Crippen LogP contribution in [-0.4, -0.2) is 15.9 Å². The second-order valence-electron chi connectivity index (χ2n) is 6.36. The minimum Gasteiger partial charge on any atom is -0.459 e. The molecule has 4 nitrogen and oxygen atoms in total. The minimum absolute atomic E-state index is 0.165. The number of thiazole rings is 2. The maximum absolute atomic E-state index is 12.2. The van der Waals surface area contributed by atoms with Crippen molar-refractivity contribution in [2.45, 2.75) is 20.0 Å². The van der Waals surface area contributed by atoms with Crippen molar-refractivity contribution in [1.29, 1.82) is 0 Å². The molecular formula is C22H18N2O2S2. The lowest BCUT2D eigenvalue weighted by Gasteiger charge is -2.01. The van der Waals surface area contributed by atoms with Crippen molar-refractivity contribution in [3.8, 4) is 21.1 Å². The predicted molar refractivity (Wildman–Crippen MR) is 113 cm³/mol. The summed E-state index contributed by atoms with van der Waals surface area (Å²) >= 11 is 3.08. The van der Waals surface area contributed by atoms with E-state index in [1.54, 1.807) is 11.3 Å². The Labute approximate surface area is 171 Å². The lowest BCUT2D eigenvalue weighted by molar-refractivity contribution is -0.144. The standard InChI is InChI=1S/C22H18N2O2S2/c1-15-7-9-17(10-8-15)22-24-19(14-28-22)12-26-20(25)11-18-13-27-21(23-18)16-5-3-2-4-6-16/h2-10,13-14H,11-12H2,1H3. The lowest BCUT2D eigenvalue weighted by Crippen LogP contribution is -2.08. The second kappa shape index (κ2) is 8.46. The van der Waals surface area contributed by atoms with Gasteiger partial charge in [0.2, 0.25) is 0 Å². The first-order valence-corrected chi connectivity index (χ1v) is 10.6. The molecule has 0 bridgehead atoms. The summed E-state index contributed by atoms with van der Waals surface area (Å²) in [5.41, 5.74) is 4.83. The highest BCUT2D eigenvalue weighted by Crippen LogP contribution is 2.25. The van der Waals surface area contributed by atoms with Gasteiger partial charge in [-0.3, -0.25) is 4.79 Å². The summed E-state index contributed by atoms with van der Waals surface area (Å²) in [6.45, 7) is 2.23. The van der Waals surface area contributed by atoms with Crippen LogP contribution in [-0.2, 0) is 22.6 Å². The molecule has 0 atom stereocenters. The second-order valence-corrected chi connectivity index (χ2v) is 8.07. The molecule has 28 heavy (non-hydrogen) atoms. The van der Waals surface area contributed by atoms with Crippen molar-refractivity contribution < 1.29 is 9.53 Å². The Hall–Kier alpha value is -2.83. The summed E-state index contributed by atoms with van der Waals surface area (Å²) in [6, 6.07) is 18.2. The van der Waals surface area contributed by atoms with E-state index in [4.69, 9.17) is 4.74 Å². The molecule has 0 aliphatic heterocycles. The van der Waals surface area contributed by atoms with Crippen molar-refractivity contribution in [1.82, 2.24) is 9.97 Å². The Morgan fingerprint density at radius 3 is 2.18 bits per heavy atom. The van der Waals surface area contributed by atoms with E-state index in [0.29, 0.717) is 0 Å². The number of esters is 1. The van der Waals surface area contributed by atoms with Crippen molar-refractivity contribution in [3.63, 3.8) is 0 Å². The van der Waals surface area contributed by atoms with Gasteiger partial charge in [0.15, 0.2) is 0 Å². The zero-order valence-electron chi connectivity index (χ0n) is 15.3. The van der Waals surface area contributed by atoms with Gasteiger partial charge in [0.1, 0.15) is 16.6 Å². The smallest absolute Gasteiger partial charge is 0.312 e. The summed E-state index contributed by atoms with van der Waals surface area (Å²) < 4.78 is 5.39.